The Kier molecular flexibility index (Phi) is 3.47. The number of nitrogens with zero attached hydrogens (tertiary/aromatic N) is 2. The lowest BCUT2D eigenvalue weighted by molar-refractivity contribution is 0.170. The van der Waals surface area contributed by atoms with Crippen molar-refractivity contribution in [2.75, 3.05) is 32.5 Å². The van der Waals surface area contributed by atoms with Crippen LogP contribution in [0, 0.1) is 6.08 Å². The summed E-state index contributed by atoms with van der Waals surface area (Å²) < 4.78 is 0. The summed E-state index contributed by atoms with van der Waals surface area (Å²) in [6.07, 6.45) is 6.89. The van der Waals surface area contributed by atoms with Crippen LogP contribution in [0.1, 0.15) is 18.4 Å². The third-order valence-electron chi connectivity index (χ3n) is 4.31. The standard InChI is InChI=1S/C16H22N3/c1-18-11-9-14(10-12-18)19(2)16-8-7-13-5-3-4-6-15(13)17-16/h3-6,14,17H,7,9-12H2,1-2H3. The second-order valence-corrected chi connectivity index (χ2v) is 5.63. The van der Waals surface area contributed by atoms with Crippen LogP contribution >= 0.6 is 0 Å². The molecule has 0 bridgehead atoms. The zero-order chi connectivity index (χ0) is 13.2. The number of para-hydroxylation sites is 1. The van der Waals surface area contributed by atoms with Gasteiger partial charge >= 0.3 is 0 Å². The molecule has 0 saturated carbocycles. The lowest BCUT2D eigenvalue weighted by Crippen LogP contribution is -2.43. The van der Waals surface area contributed by atoms with E-state index < -0.39 is 0 Å². The quantitative estimate of drug-likeness (QED) is 0.876. The van der Waals surface area contributed by atoms with Gasteiger partial charge in [-0.05, 0) is 44.6 Å². The van der Waals surface area contributed by atoms with Crippen molar-refractivity contribution in [1.82, 2.24) is 9.80 Å². The SMILES string of the molecule is CN1CCC(N(C)C2=[C]Cc3ccccc3N2)CC1. The molecule has 19 heavy (non-hydrogen) atoms. The van der Waals surface area contributed by atoms with Crippen molar-refractivity contribution in [3.05, 3.63) is 41.7 Å². The predicted molar refractivity (Wildman–Crippen MR) is 78.8 cm³/mol. The number of allylic oxidation sites excluding steroid dienone is 1. The van der Waals surface area contributed by atoms with Crippen LogP contribution in [0.15, 0.2) is 30.1 Å². The van der Waals surface area contributed by atoms with E-state index in [-0.39, 0.29) is 0 Å². The van der Waals surface area contributed by atoms with Crippen LogP contribution in [-0.4, -0.2) is 43.0 Å². The maximum absolute atomic E-state index is 3.52. The summed E-state index contributed by atoms with van der Waals surface area (Å²) in [5.41, 5.74) is 2.57. The molecule has 0 unspecified atom stereocenters. The Morgan fingerprint density at radius 3 is 2.79 bits per heavy atom. The highest BCUT2D eigenvalue weighted by Gasteiger charge is 2.23. The smallest absolute Gasteiger partial charge is 0.110 e. The molecule has 1 aromatic carbocycles. The first kappa shape index (κ1) is 12.5. The molecule has 0 aromatic heterocycles. The molecule has 0 atom stereocenters. The van der Waals surface area contributed by atoms with Crippen LogP contribution < -0.4 is 5.32 Å². The summed E-state index contributed by atoms with van der Waals surface area (Å²) >= 11 is 0. The Hall–Kier alpha value is -1.48. The average molecular weight is 256 g/mol. The molecule has 3 heteroatoms. The summed E-state index contributed by atoms with van der Waals surface area (Å²) in [7, 11) is 4.40. The first-order chi connectivity index (χ1) is 9.24. The molecule has 101 valence electrons. The molecule has 0 aliphatic carbocycles. The van der Waals surface area contributed by atoms with Gasteiger partial charge in [0.2, 0.25) is 0 Å². The molecule has 1 N–H and O–H groups in total. The molecule has 1 saturated heterocycles. The third kappa shape index (κ3) is 2.61. The molecule has 2 aliphatic heterocycles. The summed E-state index contributed by atoms with van der Waals surface area (Å²) in [5, 5.41) is 3.52. The van der Waals surface area contributed by atoms with Crippen molar-refractivity contribution in [1.29, 1.82) is 0 Å². The molecule has 3 rings (SSSR count). The Morgan fingerprint density at radius 2 is 2.00 bits per heavy atom. The number of fused-ring (bicyclic) bond motifs is 1. The molecule has 2 aliphatic rings. The van der Waals surface area contributed by atoms with Crippen LogP contribution in [-0.2, 0) is 6.42 Å². The van der Waals surface area contributed by atoms with Crippen LogP contribution in [0.3, 0.4) is 0 Å². The number of anilines is 1. The minimum absolute atomic E-state index is 0.636. The van der Waals surface area contributed by atoms with Crippen molar-refractivity contribution in [3.8, 4) is 0 Å². The zero-order valence-electron chi connectivity index (χ0n) is 11.8. The predicted octanol–water partition coefficient (Wildman–Crippen LogP) is 2.33. The highest BCUT2D eigenvalue weighted by Crippen LogP contribution is 2.26. The minimum atomic E-state index is 0.636. The highest BCUT2D eigenvalue weighted by atomic mass is 15.3. The molecule has 0 amide bonds. The summed E-state index contributed by atoms with van der Waals surface area (Å²) in [6, 6.07) is 9.13. The second kappa shape index (κ2) is 5.25. The van der Waals surface area contributed by atoms with E-state index in [1.807, 2.05) is 0 Å². The van der Waals surface area contributed by atoms with Gasteiger partial charge in [-0.1, -0.05) is 18.2 Å². The molecular formula is C16H22N3. The van der Waals surface area contributed by atoms with Gasteiger partial charge in [0, 0.05) is 31.3 Å². The summed E-state index contributed by atoms with van der Waals surface area (Å²) in [6.45, 7) is 2.39. The lowest BCUT2D eigenvalue weighted by Gasteiger charge is -2.38. The van der Waals surface area contributed by atoms with E-state index in [4.69, 9.17) is 0 Å². The number of hydrogen-bond donors (Lipinski definition) is 1. The van der Waals surface area contributed by atoms with Gasteiger partial charge in [-0.3, -0.25) is 0 Å². The topological polar surface area (TPSA) is 18.5 Å². The molecule has 0 spiro atoms. The Balaban J connectivity index is 1.69. The first-order valence-electron chi connectivity index (χ1n) is 7.11. The van der Waals surface area contributed by atoms with E-state index in [0.717, 1.165) is 12.2 Å². The fourth-order valence-corrected chi connectivity index (χ4v) is 2.92. The molecule has 1 fully saturated rings. The van der Waals surface area contributed by atoms with Gasteiger partial charge in [-0.2, -0.15) is 0 Å². The van der Waals surface area contributed by atoms with Gasteiger partial charge in [0.15, 0.2) is 0 Å². The first-order valence-corrected chi connectivity index (χ1v) is 7.11. The number of piperidine rings is 1. The molecular weight excluding hydrogens is 234 g/mol. The van der Waals surface area contributed by atoms with E-state index in [1.54, 1.807) is 0 Å². The van der Waals surface area contributed by atoms with Crippen LogP contribution in [0.25, 0.3) is 0 Å². The molecule has 2 heterocycles. The normalized spacial score (nSPS) is 20.4. The highest BCUT2D eigenvalue weighted by molar-refractivity contribution is 5.57. The number of hydrogen-bond acceptors (Lipinski definition) is 3. The van der Waals surface area contributed by atoms with E-state index in [1.165, 1.54) is 37.2 Å². The zero-order valence-corrected chi connectivity index (χ0v) is 11.8. The van der Waals surface area contributed by atoms with E-state index in [2.05, 4.69) is 59.6 Å². The summed E-state index contributed by atoms with van der Waals surface area (Å²) in [4.78, 5) is 4.79. The Labute approximate surface area is 115 Å². The third-order valence-corrected chi connectivity index (χ3v) is 4.31. The van der Waals surface area contributed by atoms with Gasteiger partial charge in [-0.25, -0.2) is 0 Å². The Morgan fingerprint density at radius 1 is 1.26 bits per heavy atom. The van der Waals surface area contributed by atoms with Crippen LogP contribution in [0.2, 0.25) is 0 Å². The van der Waals surface area contributed by atoms with Crippen molar-refractivity contribution < 1.29 is 0 Å². The number of likely N-dealkylation sites (tertiary alicyclic amines) is 1. The average Bonchev–Trinajstić information content (AvgIpc) is 2.47. The largest absolute Gasteiger partial charge is 0.358 e. The van der Waals surface area contributed by atoms with Crippen molar-refractivity contribution in [3.63, 3.8) is 0 Å². The van der Waals surface area contributed by atoms with Gasteiger partial charge in [0.1, 0.15) is 5.82 Å². The summed E-state index contributed by atoms with van der Waals surface area (Å²) in [5.74, 6) is 1.15. The van der Waals surface area contributed by atoms with E-state index >= 15 is 0 Å². The minimum Gasteiger partial charge on any atom is -0.358 e. The van der Waals surface area contributed by atoms with Gasteiger partial charge < -0.3 is 15.1 Å². The fourth-order valence-electron chi connectivity index (χ4n) is 2.92. The lowest BCUT2D eigenvalue weighted by atomic mass is 10.0. The number of benzene rings is 1. The maximum Gasteiger partial charge on any atom is 0.110 e. The van der Waals surface area contributed by atoms with Crippen LogP contribution in [0.4, 0.5) is 5.69 Å². The van der Waals surface area contributed by atoms with Crippen LogP contribution in [0.5, 0.6) is 0 Å². The number of nitrogens with one attached hydrogen (secondary N) is 1. The second-order valence-electron chi connectivity index (χ2n) is 5.63. The monoisotopic (exact) mass is 256 g/mol. The van der Waals surface area contributed by atoms with Crippen molar-refractivity contribution in [2.24, 2.45) is 0 Å². The Bertz CT molecular complexity index is 473. The van der Waals surface area contributed by atoms with Crippen molar-refractivity contribution >= 4 is 5.69 Å². The van der Waals surface area contributed by atoms with Gasteiger partial charge in [0.05, 0.1) is 0 Å². The van der Waals surface area contributed by atoms with E-state index in [0.29, 0.717) is 6.04 Å². The van der Waals surface area contributed by atoms with Gasteiger partial charge in [-0.15, -0.1) is 0 Å². The maximum atomic E-state index is 3.52. The van der Waals surface area contributed by atoms with Gasteiger partial charge in [0.25, 0.3) is 0 Å². The number of rotatable bonds is 2. The van der Waals surface area contributed by atoms with E-state index in [9.17, 15) is 0 Å². The molecule has 3 nitrogen and oxygen atoms in total. The fraction of sp³-hybridized carbons (Fsp3) is 0.500. The van der Waals surface area contributed by atoms with Crippen molar-refractivity contribution in [2.45, 2.75) is 25.3 Å². The molecule has 1 radical (unpaired) electrons. The molecule has 1 aromatic rings.